The summed E-state index contributed by atoms with van der Waals surface area (Å²) in [6, 6.07) is 0. The number of piperidine rings is 2. The fourth-order valence-electron chi connectivity index (χ4n) is 8.03. The van der Waals surface area contributed by atoms with Gasteiger partial charge in [0.15, 0.2) is 0 Å². The second-order valence-corrected chi connectivity index (χ2v) is 11.2. The van der Waals surface area contributed by atoms with Gasteiger partial charge in [0.05, 0.1) is 28.7 Å². The lowest BCUT2D eigenvalue weighted by atomic mass is 9.78. The monoisotopic (exact) mass is 481 g/mol. The Labute approximate surface area is 200 Å². The maximum atomic E-state index is 14.1. The average Bonchev–Trinajstić information content (AvgIpc) is 3.56. The predicted molar refractivity (Wildman–Crippen MR) is 121 cm³/mol. The maximum Gasteiger partial charge on any atom is 0.412 e. The lowest BCUT2D eigenvalue weighted by Gasteiger charge is -2.36. The molecule has 2 aromatic heterocycles. The van der Waals surface area contributed by atoms with E-state index in [-0.39, 0.29) is 46.8 Å². The van der Waals surface area contributed by atoms with Crippen LogP contribution in [0.15, 0.2) is 35.2 Å². The molecule has 3 fully saturated rings. The van der Waals surface area contributed by atoms with Gasteiger partial charge in [-0.1, -0.05) is 6.08 Å². The Balaban J connectivity index is 1.36. The lowest BCUT2D eigenvalue weighted by Crippen LogP contribution is -2.49. The summed E-state index contributed by atoms with van der Waals surface area (Å²) in [6.45, 7) is 5.43. The molecule has 4 aliphatic carbocycles. The van der Waals surface area contributed by atoms with Gasteiger partial charge in [0, 0.05) is 47.4 Å². The Bertz CT molecular complexity index is 1420. The number of nitrogens with zero attached hydrogens (tertiary/aromatic N) is 5. The Hall–Kier alpha value is -2.97. The van der Waals surface area contributed by atoms with E-state index >= 15 is 0 Å². The Morgan fingerprint density at radius 1 is 1.23 bits per heavy atom. The van der Waals surface area contributed by atoms with Gasteiger partial charge in [0.25, 0.3) is 5.91 Å². The van der Waals surface area contributed by atoms with E-state index in [9.17, 15) is 18.0 Å². The molecule has 6 nitrogen and oxygen atoms in total. The fraction of sp³-hybridized carbons (Fsp3) is 0.538. The van der Waals surface area contributed by atoms with Gasteiger partial charge in [-0.05, 0) is 57.9 Å². The Kier molecular flexibility index (Phi) is 3.68. The molecular formula is C26H26F3N5O. The minimum atomic E-state index is -4.42. The summed E-state index contributed by atoms with van der Waals surface area (Å²) in [7, 11) is 1.87. The quantitative estimate of drug-likeness (QED) is 0.640. The van der Waals surface area contributed by atoms with Crippen molar-refractivity contribution >= 4 is 5.91 Å². The molecule has 2 bridgehead atoms. The number of aromatic nitrogens is 4. The van der Waals surface area contributed by atoms with E-state index in [1.807, 2.05) is 31.3 Å². The molecule has 4 unspecified atom stereocenters. The molecule has 2 aromatic rings. The van der Waals surface area contributed by atoms with Gasteiger partial charge in [-0.15, -0.1) is 0 Å². The molecule has 0 aromatic carbocycles. The first-order valence-electron chi connectivity index (χ1n) is 12.1. The molecule has 9 heteroatoms. The van der Waals surface area contributed by atoms with Gasteiger partial charge in [0.1, 0.15) is 5.82 Å². The smallest absolute Gasteiger partial charge is 0.326 e. The fourth-order valence-corrected chi connectivity index (χ4v) is 8.03. The SMILES string of the molecule is CC1=C(C(F)(F)F)CCC=C1C(=O)N1C23Cc4nc(C)nc(-c5cnn(C)c5)c4C4(CC14C)C2C3. The first-order chi connectivity index (χ1) is 16.4. The second-order valence-electron chi connectivity index (χ2n) is 11.2. The van der Waals surface area contributed by atoms with Crippen LogP contribution in [0.1, 0.15) is 56.6 Å². The molecule has 1 saturated heterocycles. The molecule has 5 aliphatic rings. The highest BCUT2D eigenvalue weighted by molar-refractivity contribution is 6.01. The van der Waals surface area contributed by atoms with Crippen molar-refractivity contribution in [3.8, 4) is 11.3 Å². The molecule has 1 amide bonds. The third-order valence-corrected chi connectivity index (χ3v) is 9.41. The number of halogens is 3. The summed E-state index contributed by atoms with van der Waals surface area (Å²) in [5, 5.41) is 4.34. The zero-order valence-corrected chi connectivity index (χ0v) is 20.1. The van der Waals surface area contributed by atoms with Gasteiger partial charge in [-0.2, -0.15) is 18.3 Å². The topological polar surface area (TPSA) is 63.9 Å². The number of rotatable bonds is 2. The van der Waals surface area contributed by atoms with E-state index in [2.05, 4.69) is 12.0 Å². The van der Waals surface area contributed by atoms with Crippen LogP contribution in [0, 0.1) is 12.8 Å². The standard InChI is InChI=1S/C26H26F3N5O/c1-13-16(6-5-7-17(13)26(27,28)29)22(35)34-23(3)12-25(23)19-9-24(19,34)8-18-20(25)21(32-14(2)31-18)15-10-30-33(4)11-15/h6,10-11,19H,5,7-9,12H2,1-4H3. The van der Waals surface area contributed by atoms with E-state index < -0.39 is 17.3 Å². The Morgan fingerprint density at radius 3 is 2.69 bits per heavy atom. The van der Waals surface area contributed by atoms with Crippen molar-refractivity contribution in [3.63, 3.8) is 0 Å². The van der Waals surface area contributed by atoms with Crippen LogP contribution in [0.4, 0.5) is 13.2 Å². The third kappa shape index (κ3) is 2.37. The van der Waals surface area contributed by atoms with Gasteiger partial charge >= 0.3 is 6.18 Å². The van der Waals surface area contributed by atoms with Crippen LogP contribution >= 0.6 is 0 Å². The first kappa shape index (κ1) is 21.3. The minimum Gasteiger partial charge on any atom is -0.326 e. The third-order valence-electron chi connectivity index (χ3n) is 9.41. The molecule has 0 radical (unpaired) electrons. The maximum absolute atomic E-state index is 14.1. The second kappa shape index (κ2) is 6.05. The number of fused-ring (bicyclic) bond motifs is 1. The molecule has 0 N–H and O–H groups in total. The van der Waals surface area contributed by atoms with Crippen molar-refractivity contribution in [2.45, 2.75) is 75.5 Å². The van der Waals surface area contributed by atoms with Crippen LogP contribution in [-0.4, -0.2) is 47.8 Å². The average molecular weight is 482 g/mol. The lowest BCUT2D eigenvalue weighted by molar-refractivity contribution is -0.132. The summed E-state index contributed by atoms with van der Waals surface area (Å²) in [5.74, 6) is 0.709. The number of carbonyl (C=O) groups is 1. The molecule has 35 heavy (non-hydrogen) atoms. The predicted octanol–water partition coefficient (Wildman–Crippen LogP) is 4.34. The number of likely N-dealkylation sites (tertiary alicyclic amines) is 1. The summed E-state index contributed by atoms with van der Waals surface area (Å²) < 4.78 is 42.7. The van der Waals surface area contributed by atoms with E-state index in [0.717, 1.165) is 35.4 Å². The summed E-state index contributed by atoms with van der Waals surface area (Å²) in [4.78, 5) is 25.7. The summed E-state index contributed by atoms with van der Waals surface area (Å²) in [5.41, 5.74) is 2.56. The van der Waals surface area contributed by atoms with E-state index in [1.54, 1.807) is 10.8 Å². The number of hydrogen-bond acceptors (Lipinski definition) is 4. The number of aryl methyl sites for hydroxylation is 2. The summed E-state index contributed by atoms with van der Waals surface area (Å²) in [6.07, 6.45) is 3.47. The molecule has 3 heterocycles. The van der Waals surface area contributed by atoms with Crippen molar-refractivity contribution in [1.82, 2.24) is 24.6 Å². The molecule has 1 aliphatic heterocycles. The zero-order valence-electron chi connectivity index (χ0n) is 20.1. The zero-order chi connectivity index (χ0) is 24.7. The van der Waals surface area contributed by atoms with Gasteiger partial charge in [0.2, 0.25) is 0 Å². The molecule has 7 rings (SSSR count). The van der Waals surface area contributed by atoms with E-state index in [0.29, 0.717) is 12.2 Å². The van der Waals surface area contributed by atoms with Crippen LogP contribution in [-0.2, 0) is 23.7 Å². The normalized spacial score (nSPS) is 34.3. The van der Waals surface area contributed by atoms with Crippen LogP contribution in [0.3, 0.4) is 0 Å². The molecule has 182 valence electrons. The molecule has 2 saturated carbocycles. The molecule has 1 spiro atoms. The Morgan fingerprint density at radius 2 is 2.00 bits per heavy atom. The van der Waals surface area contributed by atoms with Crippen LogP contribution in [0.2, 0.25) is 0 Å². The van der Waals surface area contributed by atoms with E-state index in [4.69, 9.17) is 9.97 Å². The van der Waals surface area contributed by atoms with Crippen LogP contribution in [0.25, 0.3) is 11.3 Å². The van der Waals surface area contributed by atoms with E-state index in [1.165, 1.54) is 6.92 Å². The van der Waals surface area contributed by atoms with Crippen molar-refractivity contribution in [2.75, 3.05) is 0 Å². The van der Waals surface area contributed by atoms with Crippen LogP contribution in [0.5, 0.6) is 0 Å². The minimum absolute atomic E-state index is 0.0735. The number of carbonyl (C=O) groups excluding carboxylic acids is 1. The van der Waals surface area contributed by atoms with Crippen molar-refractivity contribution in [2.24, 2.45) is 13.0 Å². The number of allylic oxidation sites excluding steroid dienone is 2. The van der Waals surface area contributed by atoms with Crippen molar-refractivity contribution in [3.05, 3.63) is 52.3 Å². The van der Waals surface area contributed by atoms with Gasteiger partial charge in [-0.25, -0.2) is 9.97 Å². The molecular weight excluding hydrogens is 455 g/mol. The van der Waals surface area contributed by atoms with Crippen LogP contribution < -0.4 is 0 Å². The molecule has 4 atom stereocenters. The highest BCUT2D eigenvalue weighted by Crippen LogP contribution is 2.86. The number of hydrogen-bond donors (Lipinski definition) is 0. The highest BCUT2D eigenvalue weighted by atomic mass is 19.4. The van der Waals surface area contributed by atoms with Crippen molar-refractivity contribution < 1.29 is 18.0 Å². The van der Waals surface area contributed by atoms with Gasteiger partial charge < -0.3 is 4.90 Å². The first-order valence-corrected chi connectivity index (χ1v) is 12.1. The van der Waals surface area contributed by atoms with Crippen molar-refractivity contribution in [1.29, 1.82) is 0 Å². The highest BCUT2D eigenvalue weighted by Gasteiger charge is 2.92. The largest absolute Gasteiger partial charge is 0.412 e. The summed E-state index contributed by atoms with van der Waals surface area (Å²) >= 11 is 0. The van der Waals surface area contributed by atoms with Gasteiger partial charge in [-0.3, -0.25) is 9.48 Å². The number of amides is 1. The number of alkyl halides is 3.